The molecule has 3 heteroatoms. The highest BCUT2D eigenvalue weighted by molar-refractivity contribution is 14.1. The minimum absolute atomic E-state index is 0.151. The van der Waals surface area contributed by atoms with Gasteiger partial charge in [-0.1, -0.05) is 20.8 Å². The maximum Gasteiger partial charge on any atom is 0.116 e. The number of hydrogen-bond donors (Lipinski definition) is 0. The molecule has 60 valence electrons. The SMILES string of the molecule is CC(C)(C)c1cncnc1I. The fraction of sp³-hybridized carbons (Fsp3) is 0.500. The summed E-state index contributed by atoms with van der Waals surface area (Å²) in [6.45, 7) is 6.48. The molecule has 0 aliphatic carbocycles. The van der Waals surface area contributed by atoms with Gasteiger partial charge < -0.3 is 0 Å². The van der Waals surface area contributed by atoms with Gasteiger partial charge in [-0.15, -0.1) is 0 Å². The monoisotopic (exact) mass is 262 g/mol. The van der Waals surface area contributed by atoms with E-state index in [9.17, 15) is 0 Å². The summed E-state index contributed by atoms with van der Waals surface area (Å²) in [6.07, 6.45) is 3.46. The van der Waals surface area contributed by atoms with Crippen LogP contribution in [0.4, 0.5) is 0 Å². The lowest BCUT2D eigenvalue weighted by Crippen LogP contribution is -2.14. The van der Waals surface area contributed by atoms with Gasteiger partial charge in [0.25, 0.3) is 0 Å². The smallest absolute Gasteiger partial charge is 0.116 e. The molecule has 1 rings (SSSR count). The Morgan fingerprint density at radius 2 is 2.00 bits per heavy atom. The highest BCUT2D eigenvalue weighted by atomic mass is 127. The van der Waals surface area contributed by atoms with E-state index in [1.165, 1.54) is 5.56 Å². The quantitative estimate of drug-likeness (QED) is 0.530. The van der Waals surface area contributed by atoms with Gasteiger partial charge in [0.05, 0.1) is 0 Å². The molecule has 2 nitrogen and oxygen atoms in total. The van der Waals surface area contributed by atoms with Crippen molar-refractivity contribution in [2.45, 2.75) is 26.2 Å². The van der Waals surface area contributed by atoms with Gasteiger partial charge in [-0.2, -0.15) is 0 Å². The van der Waals surface area contributed by atoms with Crippen LogP contribution >= 0.6 is 22.6 Å². The Hall–Kier alpha value is -0.190. The van der Waals surface area contributed by atoms with Crippen LogP contribution in [0.15, 0.2) is 12.5 Å². The van der Waals surface area contributed by atoms with Crippen molar-refractivity contribution >= 4 is 22.6 Å². The first-order valence-corrected chi connectivity index (χ1v) is 4.55. The van der Waals surface area contributed by atoms with Crippen LogP contribution < -0.4 is 0 Å². The van der Waals surface area contributed by atoms with Gasteiger partial charge in [0.1, 0.15) is 10.0 Å². The molecule has 0 radical (unpaired) electrons. The standard InChI is InChI=1S/C8H11IN2/c1-8(2,3)6-4-10-5-11-7(6)9/h4-5H,1-3H3. The second kappa shape index (κ2) is 3.05. The number of aromatic nitrogens is 2. The summed E-state index contributed by atoms with van der Waals surface area (Å²) < 4.78 is 1.05. The maximum atomic E-state index is 4.12. The van der Waals surface area contributed by atoms with E-state index in [-0.39, 0.29) is 5.41 Å². The summed E-state index contributed by atoms with van der Waals surface area (Å²) in [5.41, 5.74) is 1.36. The molecule has 0 amide bonds. The zero-order valence-electron chi connectivity index (χ0n) is 6.93. The molecular weight excluding hydrogens is 251 g/mol. The van der Waals surface area contributed by atoms with Gasteiger partial charge in [0.2, 0.25) is 0 Å². The Morgan fingerprint density at radius 1 is 1.36 bits per heavy atom. The zero-order chi connectivity index (χ0) is 8.48. The van der Waals surface area contributed by atoms with Gasteiger partial charge in [0.15, 0.2) is 0 Å². The fourth-order valence-corrected chi connectivity index (χ4v) is 1.89. The molecule has 1 aromatic rings. The molecule has 0 atom stereocenters. The number of halogens is 1. The first-order valence-electron chi connectivity index (χ1n) is 3.48. The summed E-state index contributed by atoms with van der Waals surface area (Å²) in [4.78, 5) is 8.12. The third kappa shape index (κ3) is 2.12. The fourth-order valence-electron chi connectivity index (χ4n) is 0.818. The van der Waals surface area contributed by atoms with Crippen molar-refractivity contribution in [1.82, 2.24) is 9.97 Å². The van der Waals surface area contributed by atoms with E-state index < -0.39 is 0 Å². The van der Waals surface area contributed by atoms with Gasteiger partial charge in [0, 0.05) is 11.8 Å². The Morgan fingerprint density at radius 3 is 2.36 bits per heavy atom. The van der Waals surface area contributed by atoms with Crippen LogP contribution in [-0.4, -0.2) is 9.97 Å². The summed E-state index contributed by atoms with van der Waals surface area (Å²) in [7, 11) is 0. The molecule has 0 saturated heterocycles. The van der Waals surface area contributed by atoms with Crippen LogP contribution in [0.1, 0.15) is 26.3 Å². The van der Waals surface area contributed by atoms with Crippen molar-refractivity contribution in [3.8, 4) is 0 Å². The molecule has 1 heterocycles. The van der Waals surface area contributed by atoms with Crippen molar-refractivity contribution in [3.05, 3.63) is 21.8 Å². The summed E-state index contributed by atoms with van der Waals surface area (Å²) >= 11 is 2.23. The van der Waals surface area contributed by atoms with Gasteiger partial charge in [-0.25, -0.2) is 9.97 Å². The first-order chi connectivity index (χ1) is 5.02. The molecule has 1 aromatic heterocycles. The minimum Gasteiger partial charge on any atom is -0.244 e. The number of rotatable bonds is 0. The second-order valence-electron chi connectivity index (χ2n) is 3.48. The lowest BCUT2D eigenvalue weighted by molar-refractivity contribution is 0.579. The van der Waals surface area contributed by atoms with Crippen molar-refractivity contribution in [1.29, 1.82) is 0 Å². The normalized spacial score (nSPS) is 11.6. The average molecular weight is 262 g/mol. The molecule has 0 aliphatic rings. The van der Waals surface area contributed by atoms with Gasteiger partial charge >= 0.3 is 0 Å². The van der Waals surface area contributed by atoms with E-state index in [1.807, 2.05) is 6.20 Å². The molecule has 0 aromatic carbocycles. The number of nitrogens with zero attached hydrogens (tertiary/aromatic N) is 2. The summed E-state index contributed by atoms with van der Waals surface area (Å²) in [5.74, 6) is 0. The molecule has 11 heavy (non-hydrogen) atoms. The van der Waals surface area contributed by atoms with E-state index in [0.717, 1.165) is 3.70 Å². The Labute approximate surface area is 80.6 Å². The molecule has 0 unspecified atom stereocenters. The molecule has 0 saturated carbocycles. The third-order valence-corrected chi connectivity index (χ3v) is 2.33. The lowest BCUT2D eigenvalue weighted by atomic mass is 9.89. The Bertz CT molecular complexity index is 253. The van der Waals surface area contributed by atoms with Crippen molar-refractivity contribution < 1.29 is 0 Å². The topological polar surface area (TPSA) is 25.8 Å². The predicted molar refractivity (Wildman–Crippen MR) is 53.4 cm³/mol. The van der Waals surface area contributed by atoms with Crippen molar-refractivity contribution in [2.75, 3.05) is 0 Å². The molecule has 0 bridgehead atoms. The van der Waals surface area contributed by atoms with Crippen LogP contribution in [0.3, 0.4) is 0 Å². The second-order valence-corrected chi connectivity index (χ2v) is 4.50. The van der Waals surface area contributed by atoms with Gasteiger partial charge in [-0.3, -0.25) is 0 Å². The Balaban J connectivity index is 3.14. The highest BCUT2D eigenvalue weighted by Gasteiger charge is 2.17. The minimum atomic E-state index is 0.151. The average Bonchev–Trinajstić information content (AvgIpc) is 1.86. The van der Waals surface area contributed by atoms with Crippen molar-refractivity contribution in [2.24, 2.45) is 0 Å². The van der Waals surface area contributed by atoms with E-state index in [1.54, 1.807) is 6.33 Å². The van der Waals surface area contributed by atoms with E-state index in [4.69, 9.17) is 0 Å². The summed E-state index contributed by atoms with van der Waals surface area (Å²) in [6, 6.07) is 0. The lowest BCUT2D eigenvalue weighted by Gasteiger charge is -2.18. The van der Waals surface area contributed by atoms with Crippen molar-refractivity contribution in [3.63, 3.8) is 0 Å². The van der Waals surface area contributed by atoms with Crippen LogP contribution in [-0.2, 0) is 5.41 Å². The third-order valence-electron chi connectivity index (χ3n) is 1.47. The van der Waals surface area contributed by atoms with E-state index >= 15 is 0 Å². The van der Waals surface area contributed by atoms with Crippen LogP contribution in [0.2, 0.25) is 0 Å². The van der Waals surface area contributed by atoms with Crippen LogP contribution in [0.5, 0.6) is 0 Å². The molecule has 0 fully saturated rings. The molecule has 0 spiro atoms. The first kappa shape index (κ1) is 8.90. The predicted octanol–water partition coefficient (Wildman–Crippen LogP) is 2.38. The van der Waals surface area contributed by atoms with E-state index in [2.05, 4.69) is 53.3 Å². The highest BCUT2D eigenvalue weighted by Crippen LogP contribution is 2.24. The van der Waals surface area contributed by atoms with Crippen LogP contribution in [0, 0.1) is 3.70 Å². The maximum absolute atomic E-state index is 4.12. The number of hydrogen-bond acceptors (Lipinski definition) is 2. The Kier molecular flexibility index (Phi) is 2.47. The van der Waals surface area contributed by atoms with Crippen LogP contribution in [0.25, 0.3) is 0 Å². The zero-order valence-corrected chi connectivity index (χ0v) is 9.08. The summed E-state index contributed by atoms with van der Waals surface area (Å²) in [5, 5.41) is 0. The molecule has 0 N–H and O–H groups in total. The molecular formula is C8H11IN2. The molecule has 0 aliphatic heterocycles. The van der Waals surface area contributed by atoms with E-state index in [0.29, 0.717) is 0 Å². The largest absolute Gasteiger partial charge is 0.244 e. The van der Waals surface area contributed by atoms with Gasteiger partial charge in [-0.05, 0) is 28.0 Å².